The maximum Gasteiger partial charge on any atom is 0.290 e. The predicted molar refractivity (Wildman–Crippen MR) is 45.5 cm³/mol. The highest BCUT2D eigenvalue weighted by Crippen LogP contribution is 2.25. The first-order valence-electron chi connectivity index (χ1n) is 3.10. The van der Waals surface area contributed by atoms with Crippen LogP contribution in [0.15, 0.2) is 16.6 Å². The molecule has 0 bridgehead atoms. The van der Waals surface area contributed by atoms with Crippen molar-refractivity contribution < 1.29 is 9.31 Å². The van der Waals surface area contributed by atoms with Gasteiger partial charge in [-0.15, -0.1) is 0 Å². The first-order chi connectivity index (χ1) is 6.06. The average Bonchev–Trinajstić information content (AvgIpc) is 2.08. The molecule has 1 aromatic carbocycles. The number of hydrogen-bond donors (Lipinski definition) is 0. The van der Waals surface area contributed by atoms with Crippen LogP contribution in [-0.2, 0) is 0 Å². The zero-order valence-corrected chi connectivity index (χ0v) is 7.71. The molecule has 6 heteroatoms. The lowest BCUT2D eigenvalue weighted by atomic mass is 10.2. The number of rotatable bonds is 1. The molecular weight excluding hydrogens is 243 g/mol. The van der Waals surface area contributed by atoms with E-state index in [1.807, 2.05) is 0 Å². The van der Waals surface area contributed by atoms with Gasteiger partial charge in [-0.2, -0.15) is 5.26 Å². The third-order valence-corrected chi connectivity index (χ3v) is 1.96. The summed E-state index contributed by atoms with van der Waals surface area (Å²) in [4.78, 5) is 9.52. The third kappa shape index (κ3) is 1.81. The molecule has 0 atom stereocenters. The highest BCUT2D eigenvalue weighted by molar-refractivity contribution is 9.10. The molecule has 0 N–H and O–H groups in total. The SMILES string of the molecule is N#Cc1cc(Br)c(F)cc1[N+](=O)[O-]. The van der Waals surface area contributed by atoms with E-state index >= 15 is 0 Å². The topological polar surface area (TPSA) is 66.9 Å². The smallest absolute Gasteiger partial charge is 0.258 e. The van der Waals surface area contributed by atoms with Crippen LogP contribution in [0.25, 0.3) is 0 Å². The normalized spacial score (nSPS) is 9.31. The molecule has 0 aliphatic heterocycles. The van der Waals surface area contributed by atoms with Crippen molar-refractivity contribution in [3.05, 3.63) is 38.1 Å². The van der Waals surface area contributed by atoms with Crippen molar-refractivity contribution in [2.45, 2.75) is 0 Å². The molecule has 4 nitrogen and oxygen atoms in total. The minimum absolute atomic E-state index is 0.0367. The van der Waals surface area contributed by atoms with Gasteiger partial charge in [-0.1, -0.05) is 0 Å². The van der Waals surface area contributed by atoms with Gasteiger partial charge in [0.15, 0.2) is 0 Å². The van der Waals surface area contributed by atoms with Crippen molar-refractivity contribution in [1.82, 2.24) is 0 Å². The van der Waals surface area contributed by atoms with Gasteiger partial charge < -0.3 is 0 Å². The van der Waals surface area contributed by atoms with Crippen LogP contribution in [0.5, 0.6) is 0 Å². The molecular formula is C7H2BrFN2O2. The summed E-state index contributed by atoms with van der Waals surface area (Å²) < 4.78 is 12.8. The fourth-order valence-electron chi connectivity index (χ4n) is 0.777. The number of nitrogens with zero attached hydrogens (tertiary/aromatic N) is 2. The number of nitro groups is 1. The van der Waals surface area contributed by atoms with Gasteiger partial charge in [-0.25, -0.2) is 4.39 Å². The Labute approximate surface area is 80.9 Å². The molecule has 0 heterocycles. The van der Waals surface area contributed by atoms with Crippen molar-refractivity contribution in [1.29, 1.82) is 5.26 Å². The Kier molecular flexibility index (Phi) is 2.58. The van der Waals surface area contributed by atoms with Gasteiger partial charge in [-0.05, 0) is 22.0 Å². The van der Waals surface area contributed by atoms with E-state index in [1.165, 1.54) is 0 Å². The van der Waals surface area contributed by atoms with Crippen molar-refractivity contribution >= 4 is 21.6 Å². The van der Waals surface area contributed by atoms with Gasteiger partial charge in [0.25, 0.3) is 5.69 Å². The monoisotopic (exact) mass is 244 g/mol. The lowest BCUT2D eigenvalue weighted by molar-refractivity contribution is -0.385. The first-order valence-corrected chi connectivity index (χ1v) is 3.89. The van der Waals surface area contributed by atoms with E-state index in [0.717, 1.165) is 6.07 Å². The van der Waals surface area contributed by atoms with Crippen LogP contribution >= 0.6 is 15.9 Å². The Morgan fingerprint density at radius 3 is 2.69 bits per heavy atom. The Morgan fingerprint density at radius 2 is 2.23 bits per heavy atom. The molecule has 0 aliphatic rings. The standard InChI is InChI=1S/C7H2BrFN2O2/c8-5-1-4(3-10)7(11(12)13)2-6(5)9/h1-2H. The Balaban J connectivity index is 3.44. The second-order valence-electron chi connectivity index (χ2n) is 2.15. The highest BCUT2D eigenvalue weighted by Gasteiger charge is 2.16. The Bertz CT molecular complexity index is 414. The van der Waals surface area contributed by atoms with Crippen LogP contribution in [0.2, 0.25) is 0 Å². The van der Waals surface area contributed by atoms with Gasteiger partial charge in [0.1, 0.15) is 17.4 Å². The van der Waals surface area contributed by atoms with Crippen LogP contribution in [0.3, 0.4) is 0 Å². The molecule has 0 unspecified atom stereocenters. The van der Waals surface area contributed by atoms with Crippen LogP contribution < -0.4 is 0 Å². The number of benzene rings is 1. The highest BCUT2D eigenvalue weighted by atomic mass is 79.9. The minimum Gasteiger partial charge on any atom is -0.258 e. The lowest BCUT2D eigenvalue weighted by Crippen LogP contribution is -1.93. The molecule has 13 heavy (non-hydrogen) atoms. The number of hydrogen-bond acceptors (Lipinski definition) is 3. The molecule has 0 saturated carbocycles. The molecule has 0 fully saturated rings. The lowest BCUT2D eigenvalue weighted by Gasteiger charge is -1.96. The van der Waals surface area contributed by atoms with Crippen LogP contribution in [0, 0.1) is 27.3 Å². The van der Waals surface area contributed by atoms with Gasteiger partial charge in [0.05, 0.1) is 15.5 Å². The van der Waals surface area contributed by atoms with Gasteiger partial charge >= 0.3 is 0 Å². The van der Waals surface area contributed by atoms with Gasteiger partial charge in [0.2, 0.25) is 0 Å². The molecule has 1 rings (SSSR count). The molecule has 1 aromatic rings. The molecule has 0 amide bonds. The summed E-state index contributed by atoms with van der Waals surface area (Å²) in [5.41, 5.74) is -0.693. The van der Waals surface area contributed by atoms with Crippen molar-refractivity contribution in [3.8, 4) is 6.07 Å². The molecule has 66 valence electrons. The first kappa shape index (κ1) is 9.61. The van der Waals surface area contributed by atoms with E-state index < -0.39 is 16.4 Å². The van der Waals surface area contributed by atoms with Crippen LogP contribution in [-0.4, -0.2) is 4.92 Å². The largest absolute Gasteiger partial charge is 0.290 e. The van der Waals surface area contributed by atoms with E-state index in [9.17, 15) is 14.5 Å². The number of halogens is 2. The second-order valence-corrected chi connectivity index (χ2v) is 3.01. The third-order valence-electron chi connectivity index (χ3n) is 1.36. The molecule has 0 saturated heterocycles. The van der Waals surface area contributed by atoms with Gasteiger partial charge in [-0.3, -0.25) is 10.1 Å². The summed E-state index contributed by atoms with van der Waals surface area (Å²) in [5, 5.41) is 18.8. The number of nitriles is 1. The predicted octanol–water partition coefficient (Wildman–Crippen LogP) is 2.37. The molecule has 0 aromatic heterocycles. The van der Waals surface area contributed by atoms with Crippen molar-refractivity contribution in [3.63, 3.8) is 0 Å². The second kappa shape index (κ2) is 3.49. The van der Waals surface area contributed by atoms with Crippen molar-refractivity contribution in [2.24, 2.45) is 0 Å². The van der Waals surface area contributed by atoms with E-state index in [4.69, 9.17) is 5.26 Å². The minimum atomic E-state index is -0.798. The zero-order valence-electron chi connectivity index (χ0n) is 6.12. The van der Waals surface area contributed by atoms with E-state index in [-0.39, 0.29) is 10.0 Å². The summed E-state index contributed by atoms with van der Waals surface area (Å²) in [7, 11) is 0. The maximum atomic E-state index is 12.8. The summed E-state index contributed by atoms with van der Waals surface area (Å²) in [5.74, 6) is -0.759. The average molecular weight is 245 g/mol. The van der Waals surface area contributed by atoms with E-state index in [1.54, 1.807) is 6.07 Å². The molecule has 0 radical (unpaired) electrons. The Hall–Kier alpha value is -1.48. The maximum absolute atomic E-state index is 12.8. The van der Waals surface area contributed by atoms with Gasteiger partial charge in [0, 0.05) is 0 Å². The zero-order chi connectivity index (χ0) is 10.0. The fraction of sp³-hybridized carbons (Fsp3) is 0. The van der Waals surface area contributed by atoms with E-state index in [0.29, 0.717) is 6.07 Å². The van der Waals surface area contributed by atoms with Crippen molar-refractivity contribution in [2.75, 3.05) is 0 Å². The molecule has 0 aliphatic carbocycles. The number of nitro benzene ring substituents is 1. The quantitative estimate of drug-likeness (QED) is 0.563. The summed E-state index contributed by atoms with van der Waals surface area (Å²) >= 11 is 2.82. The fourth-order valence-corrected chi connectivity index (χ4v) is 1.12. The summed E-state index contributed by atoms with van der Waals surface area (Å²) in [6.45, 7) is 0. The van der Waals surface area contributed by atoms with Crippen LogP contribution in [0.1, 0.15) is 5.56 Å². The van der Waals surface area contributed by atoms with E-state index in [2.05, 4.69) is 15.9 Å². The summed E-state index contributed by atoms with van der Waals surface area (Å²) in [6, 6.07) is 3.39. The molecule has 0 spiro atoms. The summed E-state index contributed by atoms with van der Waals surface area (Å²) in [6.07, 6.45) is 0. The van der Waals surface area contributed by atoms with Crippen LogP contribution in [0.4, 0.5) is 10.1 Å². The Morgan fingerprint density at radius 1 is 1.62 bits per heavy atom.